The van der Waals surface area contributed by atoms with Crippen molar-refractivity contribution in [1.82, 2.24) is 29.0 Å². The molecule has 0 unspecified atom stereocenters. The van der Waals surface area contributed by atoms with E-state index in [-0.39, 0.29) is 18.4 Å². The molecule has 0 spiro atoms. The second-order valence-corrected chi connectivity index (χ2v) is 11.9. The van der Waals surface area contributed by atoms with E-state index in [1.54, 1.807) is 18.2 Å². The number of rotatable bonds is 10. The van der Waals surface area contributed by atoms with Crippen molar-refractivity contribution in [2.75, 3.05) is 20.2 Å². The standard InChI is InChI=1S/C33H32ClFN6O3/c1-3-40-19-36-13-23(40)14-41-29-11-20(33(42)43-2)8-10-27(29)37-30(41)17-39-15-24-25(16-39)32(24)28-5-4-6-31(38-28)44-18-21-7-9-22(34)12-26(21)35/h4-13,19,24-25,32H,3,14-18H2,1-2H3/t24-,25+,32-. The molecule has 3 aromatic heterocycles. The zero-order valence-electron chi connectivity index (χ0n) is 24.5. The number of halogens is 2. The third-order valence-electron chi connectivity index (χ3n) is 8.82. The van der Waals surface area contributed by atoms with E-state index >= 15 is 0 Å². The predicted octanol–water partition coefficient (Wildman–Crippen LogP) is 5.70. The van der Waals surface area contributed by atoms with Gasteiger partial charge in [-0.3, -0.25) is 4.90 Å². The maximum Gasteiger partial charge on any atom is 0.337 e. The van der Waals surface area contributed by atoms with Crippen LogP contribution in [0.1, 0.15) is 46.0 Å². The molecule has 0 amide bonds. The molecule has 1 aliphatic heterocycles. The molecule has 226 valence electrons. The molecular formula is C33H32ClFN6O3. The van der Waals surface area contributed by atoms with Crippen LogP contribution >= 0.6 is 11.6 Å². The summed E-state index contributed by atoms with van der Waals surface area (Å²) in [5.41, 5.74) is 4.77. The molecule has 2 aromatic carbocycles. The molecule has 3 atom stereocenters. The van der Waals surface area contributed by atoms with Crippen molar-refractivity contribution in [2.45, 2.75) is 39.1 Å². The molecule has 11 heteroatoms. The Labute approximate surface area is 259 Å². The lowest BCUT2D eigenvalue weighted by Crippen LogP contribution is -2.26. The number of esters is 1. The summed E-state index contributed by atoms with van der Waals surface area (Å²) in [6, 6.07) is 15.9. The number of carbonyl (C=O) groups is 1. The number of piperidine rings is 1. The fraction of sp³-hybridized carbons (Fsp3) is 0.333. The second kappa shape index (κ2) is 11.7. The molecule has 1 aliphatic carbocycles. The Balaban J connectivity index is 1.05. The minimum Gasteiger partial charge on any atom is -0.473 e. The highest BCUT2D eigenvalue weighted by Crippen LogP contribution is 2.58. The molecule has 1 saturated carbocycles. The molecule has 2 fully saturated rings. The van der Waals surface area contributed by atoms with Crippen LogP contribution in [0.5, 0.6) is 5.88 Å². The van der Waals surface area contributed by atoms with E-state index in [4.69, 9.17) is 31.0 Å². The number of nitrogens with zero attached hydrogens (tertiary/aromatic N) is 6. The molecule has 0 radical (unpaired) electrons. The van der Waals surface area contributed by atoms with E-state index in [2.05, 4.69) is 32.0 Å². The van der Waals surface area contributed by atoms with Gasteiger partial charge in [0.05, 0.1) is 48.8 Å². The zero-order chi connectivity index (χ0) is 30.4. The zero-order valence-corrected chi connectivity index (χ0v) is 25.2. The van der Waals surface area contributed by atoms with Crippen molar-refractivity contribution in [3.63, 3.8) is 0 Å². The number of imidazole rings is 2. The van der Waals surface area contributed by atoms with E-state index in [0.717, 1.165) is 47.9 Å². The van der Waals surface area contributed by atoms with Gasteiger partial charge in [-0.15, -0.1) is 0 Å². The van der Waals surface area contributed by atoms with Gasteiger partial charge in [-0.05, 0) is 55.2 Å². The van der Waals surface area contributed by atoms with Gasteiger partial charge in [0.2, 0.25) is 5.88 Å². The van der Waals surface area contributed by atoms with E-state index in [1.807, 2.05) is 36.8 Å². The van der Waals surface area contributed by atoms with Crippen molar-refractivity contribution in [1.29, 1.82) is 0 Å². The smallest absolute Gasteiger partial charge is 0.337 e. The van der Waals surface area contributed by atoms with Gasteiger partial charge in [-0.2, -0.15) is 0 Å². The molecule has 2 aliphatic rings. The first-order valence-electron chi connectivity index (χ1n) is 14.7. The van der Waals surface area contributed by atoms with Gasteiger partial charge >= 0.3 is 5.97 Å². The van der Waals surface area contributed by atoms with E-state index in [9.17, 15) is 9.18 Å². The molecule has 5 aromatic rings. The number of aryl methyl sites for hydroxylation is 1. The number of pyridine rings is 1. The first kappa shape index (κ1) is 28.5. The molecule has 7 rings (SSSR count). The third-order valence-corrected chi connectivity index (χ3v) is 9.05. The van der Waals surface area contributed by atoms with Gasteiger partial charge in [-0.1, -0.05) is 23.7 Å². The van der Waals surface area contributed by atoms with Crippen LogP contribution in [0.4, 0.5) is 4.39 Å². The van der Waals surface area contributed by atoms with Gasteiger partial charge in [0.1, 0.15) is 18.2 Å². The summed E-state index contributed by atoms with van der Waals surface area (Å²) >= 11 is 5.87. The largest absolute Gasteiger partial charge is 0.473 e. The molecule has 9 nitrogen and oxygen atoms in total. The first-order valence-corrected chi connectivity index (χ1v) is 15.1. The van der Waals surface area contributed by atoms with E-state index < -0.39 is 0 Å². The lowest BCUT2D eigenvalue weighted by Gasteiger charge is -2.20. The number of carbonyl (C=O) groups excluding carboxylic acids is 1. The summed E-state index contributed by atoms with van der Waals surface area (Å²) in [6.45, 7) is 6.20. The number of hydrogen-bond acceptors (Lipinski definition) is 7. The SMILES string of the molecule is CCn1cncc1Cn1c(CN2C[C@@H]3[C@H](C2)[C@@H]3c2cccc(OCc3ccc(Cl)cc3F)n2)nc2ccc(C(=O)OC)cc21. The highest BCUT2D eigenvalue weighted by atomic mass is 35.5. The average Bonchev–Trinajstić information content (AvgIpc) is 3.35. The molecule has 1 saturated heterocycles. The first-order chi connectivity index (χ1) is 21.4. The minimum atomic E-state index is -0.390. The Bertz CT molecular complexity index is 1840. The van der Waals surface area contributed by atoms with Crippen LogP contribution in [-0.4, -0.2) is 55.2 Å². The van der Waals surface area contributed by atoms with Crippen LogP contribution in [0, 0.1) is 17.7 Å². The highest BCUT2D eigenvalue weighted by molar-refractivity contribution is 6.30. The number of aromatic nitrogens is 5. The lowest BCUT2D eigenvalue weighted by molar-refractivity contribution is 0.0601. The Morgan fingerprint density at radius 1 is 1.07 bits per heavy atom. The van der Waals surface area contributed by atoms with Crippen LogP contribution in [-0.2, 0) is 31.0 Å². The van der Waals surface area contributed by atoms with Gasteiger partial charge in [0.15, 0.2) is 0 Å². The van der Waals surface area contributed by atoms with Crippen LogP contribution in [0.2, 0.25) is 5.02 Å². The van der Waals surface area contributed by atoms with Crippen molar-refractivity contribution in [3.8, 4) is 5.88 Å². The van der Waals surface area contributed by atoms with E-state index in [0.29, 0.717) is 52.9 Å². The van der Waals surface area contributed by atoms with Crippen LogP contribution in [0.15, 0.2) is 67.1 Å². The van der Waals surface area contributed by atoms with Gasteiger partial charge < -0.3 is 18.6 Å². The Kier molecular flexibility index (Phi) is 7.55. The van der Waals surface area contributed by atoms with Crippen molar-refractivity contribution >= 4 is 28.6 Å². The topological polar surface area (TPSA) is 87.3 Å². The van der Waals surface area contributed by atoms with E-state index in [1.165, 1.54) is 13.2 Å². The number of methoxy groups -OCH3 is 1. The molecule has 0 N–H and O–H groups in total. The summed E-state index contributed by atoms with van der Waals surface area (Å²) in [5.74, 6) is 2.08. The van der Waals surface area contributed by atoms with Gasteiger partial charge in [0, 0.05) is 54.1 Å². The number of benzene rings is 2. The summed E-state index contributed by atoms with van der Waals surface area (Å²) in [7, 11) is 1.39. The maximum atomic E-state index is 14.2. The summed E-state index contributed by atoms with van der Waals surface area (Å²) in [5, 5.41) is 0.356. The van der Waals surface area contributed by atoms with Crippen LogP contribution in [0.25, 0.3) is 11.0 Å². The Morgan fingerprint density at radius 2 is 1.91 bits per heavy atom. The third kappa shape index (κ3) is 5.44. The molecule has 0 bridgehead atoms. The highest BCUT2D eigenvalue weighted by Gasteiger charge is 2.57. The monoisotopic (exact) mass is 614 g/mol. The lowest BCUT2D eigenvalue weighted by atomic mass is 10.1. The number of likely N-dealkylation sites (tertiary alicyclic amines) is 1. The average molecular weight is 615 g/mol. The minimum absolute atomic E-state index is 0.0892. The van der Waals surface area contributed by atoms with Crippen LogP contribution in [0.3, 0.4) is 0 Å². The molecule has 4 heterocycles. The Hall–Kier alpha value is -4.28. The summed E-state index contributed by atoms with van der Waals surface area (Å²) in [4.78, 5) is 28.9. The predicted molar refractivity (Wildman–Crippen MR) is 163 cm³/mol. The van der Waals surface area contributed by atoms with Crippen molar-refractivity contribution < 1.29 is 18.7 Å². The van der Waals surface area contributed by atoms with Crippen molar-refractivity contribution in [3.05, 3.63) is 106 Å². The maximum absolute atomic E-state index is 14.2. The molecule has 44 heavy (non-hydrogen) atoms. The second-order valence-electron chi connectivity index (χ2n) is 11.5. The fourth-order valence-electron chi connectivity index (χ4n) is 6.51. The summed E-state index contributed by atoms with van der Waals surface area (Å²) < 4.78 is 29.3. The Morgan fingerprint density at radius 3 is 2.68 bits per heavy atom. The number of fused-ring (bicyclic) bond motifs is 2. The van der Waals surface area contributed by atoms with Crippen LogP contribution < -0.4 is 4.74 Å². The van der Waals surface area contributed by atoms with Gasteiger partial charge in [-0.25, -0.2) is 24.1 Å². The molecular weight excluding hydrogens is 583 g/mol. The normalized spacial score (nSPS) is 19.3. The number of hydrogen-bond donors (Lipinski definition) is 0. The number of ether oxygens (including phenoxy) is 2. The fourth-order valence-corrected chi connectivity index (χ4v) is 6.67. The van der Waals surface area contributed by atoms with Crippen molar-refractivity contribution in [2.24, 2.45) is 11.8 Å². The quantitative estimate of drug-likeness (QED) is 0.187. The van der Waals surface area contributed by atoms with Gasteiger partial charge in [0.25, 0.3) is 0 Å². The summed E-state index contributed by atoms with van der Waals surface area (Å²) in [6.07, 6.45) is 3.72.